The summed E-state index contributed by atoms with van der Waals surface area (Å²) in [6.07, 6.45) is 1.57. The van der Waals surface area contributed by atoms with E-state index in [4.69, 9.17) is 16.3 Å². The average Bonchev–Trinajstić information content (AvgIpc) is 1.95. The molecule has 1 aromatic heterocycles. The van der Waals surface area contributed by atoms with E-state index in [-0.39, 0.29) is 0 Å². The topological polar surface area (TPSA) is 22.1 Å². The number of aromatic nitrogens is 1. The van der Waals surface area contributed by atoms with E-state index in [9.17, 15) is 0 Å². The highest BCUT2D eigenvalue weighted by Crippen LogP contribution is 2.12. The van der Waals surface area contributed by atoms with Crippen LogP contribution in [-0.4, -0.2) is 4.98 Å². The number of pyridine rings is 1. The van der Waals surface area contributed by atoms with Gasteiger partial charge in [-0.05, 0) is 19.1 Å². The average molecular weight is 157 g/mol. The molecule has 0 aliphatic carbocycles. The smallest absolute Gasteiger partial charge is 0.138 e. The summed E-state index contributed by atoms with van der Waals surface area (Å²) in [6.45, 7) is 3.39. The highest BCUT2D eigenvalue weighted by molar-refractivity contribution is 6.29. The number of hydrogen-bond acceptors (Lipinski definition) is 2. The molecule has 0 amide bonds. The van der Waals surface area contributed by atoms with Gasteiger partial charge >= 0.3 is 0 Å². The molecule has 0 spiro atoms. The summed E-state index contributed by atoms with van der Waals surface area (Å²) in [5.41, 5.74) is 0. The summed E-state index contributed by atoms with van der Waals surface area (Å²) >= 11 is 5.53. The second kappa shape index (κ2) is 3.42. The molecule has 0 atom stereocenters. The van der Waals surface area contributed by atoms with Gasteiger partial charge in [0.05, 0.1) is 6.20 Å². The zero-order valence-corrected chi connectivity index (χ0v) is 6.30. The minimum absolute atomic E-state index is 0.475. The first-order chi connectivity index (χ1) is 4.83. The summed E-state index contributed by atoms with van der Waals surface area (Å²) in [7, 11) is 0. The van der Waals surface area contributed by atoms with Crippen molar-refractivity contribution in [3.63, 3.8) is 0 Å². The molecule has 0 bridgehead atoms. The Morgan fingerprint density at radius 1 is 1.60 bits per heavy atom. The molecule has 0 saturated carbocycles. The van der Waals surface area contributed by atoms with Crippen molar-refractivity contribution in [2.75, 3.05) is 0 Å². The molecule has 0 fully saturated rings. The number of halogens is 1. The fraction of sp³-hybridized carbons (Fsp3) is 0.143. The Morgan fingerprint density at radius 3 is 2.90 bits per heavy atom. The maximum Gasteiger partial charge on any atom is 0.138 e. The Hall–Kier alpha value is -0.760. The SMILES string of the molecule is C[CH]Oc1ccc(Cl)nc1. The molecule has 0 aliphatic rings. The number of ether oxygens (including phenoxy) is 1. The Kier molecular flexibility index (Phi) is 2.51. The molecule has 53 valence electrons. The Bertz CT molecular complexity index is 197. The first kappa shape index (κ1) is 7.35. The molecule has 0 unspecified atom stereocenters. The summed E-state index contributed by atoms with van der Waals surface area (Å²) in [5.74, 6) is 0.701. The molecular formula is C7H7ClNO. The highest BCUT2D eigenvalue weighted by atomic mass is 35.5. The van der Waals surface area contributed by atoms with Gasteiger partial charge in [0.1, 0.15) is 17.5 Å². The molecule has 1 rings (SSSR count). The van der Waals surface area contributed by atoms with Crippen LogP contribution in [-0.2, 0) is 0 Å². The molecule has 1 heterocycles. The molecule has 3 heteroatoms. The van der Waals surface area contributed by atoms with Crippen LogP contribution in [0.25, 0.3) is 0 Å². The summed E-state index contributed by atoms with van der Waals surface area (Å²) in [4.78, 5) is 3.82. The third kappa shape index (κ3) is 1.88. The van der Waals surface area contributed by atoms with Gasteiger partial charge in [0, 0.05) is 0 Å². The minimum atomic E-state index is 0.475. The van der Waals surface area contributed by atoms with Gasteiger partial charge in [-0.25, -0.2) is 4.98 Å². The van der Waals surface area contributed by atoms with Crippen LogP contribution in [0.2, 0.25) is 5.15 Å². The molecule has 0 saturated heterocycles. The fourth-order valence-electron chi connectivity index (χ4n) is 0.568. The van der Waals surface area contributed by atoms with Crippen LogP contribution >= 0.6 is 11.6 Å². The molecule has 0 aromatic carbocycles. The third-order valence-corrected chi connectivity index (χ3v) is 1.18. The summed E-state index contributed by atoms with van der Waals surface area (Å²) in [5, 5.41) is 0.475. The lowest BCUT2D eigenvalue weighted by Gasteiger charge is -1.98. The molecular weight excluding hydrogens is 150 g/mol. The van der Waals surface area contributed by atoms with Crippen LogP contribution in [0, 0.1) is 6.61 Å². The van der Waals surface area contributed by atoms with E-state index in [2.05, 4.69) is 4.98 Å². The van der Waals surface area contributed by atoms with Gasteiger partial charge in [-0.2, -0.15) is 0 Å². The maximum absolute atomic E-state index is 5.53. The van der Waals surface area contributed by atoms with Crippen LogP contribution in [0.15, 0.2) is 18.3 Å². The van der Waals surface area contributed by atoms with Crippen molar-refractivity contribution < 1.29 is 4.74 Å². The summed E-state index contributed by atoms with van der Waals surface area (Å²) < 4.78 is 5.01. The second-order valence-electron chi connectivity index (χ2n) is 1.67. The predicted octanol–water partition coefficient (Wildman–Crippen LogP) is 2.30. The zero-order chi connectivity index (χ0) is 7.40. The molecule has 0 N–H and O–H groups in total. The van der Waals surface area contributed by atoms with Gasteiger partial charge in [-0.3, -0.25) is 0 Å². The van der Waals surface area contributed by atoms with Gasteiger partial charge in [-0.15, -0.1) is 0 Å². The highest BCUT2D eigenvalue weighted by Gasteiger charge is 1.90. The van der Waals surface area contributed by atoms with Crippen molar-refractivity contribution in [3.05, 3.63) is 30.1 Å². The second-order valence-corrected chi connectivity index (χ2v) is 2.06. The van der Waals surface area contributed by atoms with E-state index in [1.807, 2.05) is 0 Å². The Morgan fingerprint density at radius 2 is 2.40 bits per heavy atom. The van der Waals surface area contributed by atoms with Gasteiger partial charge in [0.15, 0.2) is 0 Å². The van der Waals surface area contributed by atoms with Crippen molar-refractivity contribution in [1.82, 2.24) is 4.98 Å². The van der Waals surface area contributed by atoms with E-state index < -0.39 is 0 Å². The quantitative estimate of drug-likeness (QED) is 0.613. The van der Waals surface area contributed by atoms with Crippen LogP contribution < -0.4 is 4.74 Å². The monoisotopic (exact) mass is 156 g/mol. The van der Waals surface area contributed by atoms with Gasteiger partial charge in [0.2, 0.25) is 0 Å². The van der Waals surface area contributed by atoms with E-state index in [0.29, 0.717) is 10.9 Å². The summed E-state index contributed by atoms with van der Waals surface area (Å²) in [6, 6.07) is 3.44. The molecule has 1 radical (unpaired) electrons. The lowest BCUT2D eigenvalue weighted by atomic mass is 10.5. The van der Waals surface area contributed by atoms with Crippen molar-refractivity contribution in [2.45, 2.75) is 6.92 Å². The van der Waals surface area contributed by atoms with Crippen LogP contribution in [0.1, 0.15) is 6.92 Å². The fourth-order valence-corrected chi connectivity index (χ4v) is 0.680. The lowest BCUT2D eigenvalue weighted by molar-refractivity contribution is 0.414. The Balaban J connectivity index is 2.69. The first-order valence-electron chi connectivity index (χ1n) is 2.89. The maximum atomic E-state index is 5.53. The number of rotatable bonds is 2. The third-order valence-electron chi connectivity index (χ3n) is 0.954. The van der Waals surface area contributed by atoms with Crippen LogP contribution in [0.4, 0.5) is 0 Å². The largest absolute Gasteiger partial charge is 0.485 e. The number of hydrogen-bond donors (Lipinski definition) is 0. The molecule has 10 heavy (non-hydrogen) atoms. The van der Waals surface area contributed by atoms with E-state index in [1.54, 1.807) is 31.9 Å². The van der Waals surface area contributed by atoms with E-state index >= 15 is 0 Å². The van der Waals surface area contributed by atoms with E-state index in [1.165, 1.54) is 0 Å². The van der Waals surface area contributed by atoms with Crippen molar-refractivity contribution in [3.8, 4) is 5.75 Å². The predicted molar refractivity (Wildman–Crippen MR) is 39.8 cm³/mol. The van der Waals surface area contributed by atoms with Gasteiger partial charge in [-0.1, -0.05) is 11.6 Å². The lowest BCUT2D eigenvalue weighted by Crippen LogP contribution is -1.85. The normalized spacial score (nSPS) is 9.40. The van der Waals surface area contributed by atoms with Crippen LogP contribution in [0.5, 0.6) is 5.75 Å². The van der Waals surface area contributed by atoms with Crippen molar-refractivity contribution in [1.29, 1.82) is 0 Å². The first-order valence-corrected chi connectivity index (χ1v) is 3.27. The molecule has 1 aromatic rings. The Labute approximate surface area is 64.8 Å². The molecule has 0 aliphatic heterocycles. The van der Waals surface area contributed by atoms with Crippen molar-refractivity contribution >= 4 is 11.6 Å². The molecule has 2 nitrogen and oxygen atoms in total. The standard InChI is InChI=1S/C7H7ClNO/c1-2-10-6-3-4-7(8)9-5-6/h2-5H,1H3. The van der Waals surface area contributed by atoms with Crippen molar-refractivity contribution in [2.24, 2.45) is 0 Å². The van der Waals surface area contributed by atoms with E-state index in [0.717, 1.165) is 0 Å². The minimum Gasteiger partial charge on any atom is -0.485 e. The van der Waals surface area contributed by atoms with Gasteiger partial charge in [0.25, 0.3) is 0 Å². The zero-order valence-electron chi connectivity index (χ0n) is 5.54. The number of nitrogens with zero attached hydrogens (tertiary/aromatic N) is 1. The van der Waals surface area contributed by atoms with Crippen LogP contribution in [0.3, 0.4) is 0 Å². The van der Waals surface area contributed by atoms with Gasteiger partial charge < -0.3 is 4.74 Å².